The molecule has 1 N–H and O–H groups in total. The maximum atomic E-state index is 13.1. The first-order chi connectivity index (χ1) is 14.8. The number of nitro benzene ring substituents is 1. The monoisotopic (exact) mass is 454 g/mol. The van der Waals surface area contributed by atoms with Gasteiger partial charge in [0.05, 0.1) is 23.0 Å². The number of anilines is 1. The van der Waals surface area contributed by atoms with Gasteiger partial charge in [-0.05, 0) is 30.9 Å². The van der Waals surface area contributed by atoms with E-state index in [1.54, 1.807) is 0 Å². The number of sulfonamides is 1. The van der Waals surface area contributed by atoms with Crippen LogP contribution in [0.4, 0.5) is 11.4 Å². The van der Waals surface area contributed by atoms with Crippen LogP contribution in [0, 0.1) is 16.0 Å². The Hall–Kier alpha value is -1.75. The molecule has 1 aromatic carbocycles. The predicted molar refractivity (Wildman–Crippen MR) is 120 cm³/mol. The molecule has 0 aromatic heterocycles. The highest BCUT2D eigenvalue weighted by Gasteiger charge is 2.29. The lowest BCUT2D eigenvalue weighted by atomic mass is 10.0. The summed E-state index contributed by atoms with van der Waals surface area (Å²) in [6, 6.07) is 4.40. The molecule has 10 heteroatoms. The highest BCUT2D eigenvalue weighted by atomic mass is 32.2. The highest BCUT2D eigenvalue weighted by Crippen LogP contribution is 2.30. The maximum Gasteiger partial charge on any atom is 0.293 e. The Kier molecular flexibility index (Phi) is 8.26. The third-order valence-corrected chi connectivity index (χ3v) is 8.05. The van der Waals surface area contributed by atoms with Gasteiger partial charge in [-0.2, -0.15) is 4.31 Å². The fourth-order valence-electron chi connectivity index (χ4n) is 4.31. The molecule has 1 atom stereocenters. The van der Waals surface area contributed by atoms with Gasteiger partial charge in [0.15, 0.2) is 0 Å². The van der Waals surface area contributed by atoms with Gasteiger partial charge in [0.1, 0.15) is 5.69 Å². The second kappa shape index (κ2) is 10.7. The minimum atomic E-state index is -3.74. The zero-order valence-corrected chi connectivity index (χ0v) is 19.3. The van der Waals surface area contributed by atoms with E-state index in [1.165, 1.54) is 22.5 Å². The first kappa shape index (κ1) is 23.9. The van der Waals surface area contributed by atoms with Gasteiger partial charge in [-0.15, -0.1) is 0 Å². The van der Waals surface area contributed by atoms with Crippen LogP contribution >= 0.6 is 0 Å². The van der Waals surface area contributed by atoms with E-state index < -0.39 is 14.9 Å². The van der Waals surface area contributed by atoms with Gasteiger partial charge >= 0.3 is 0 Å². The zero-order valence-electron chi connectivity index (χ0n) is 18.5. The smallest absolute Gasteiger partial charge is 0.293 e. The summed E-state index contributed by atoms with van der Waals surface area (Å²) in [4.78, 5) is 13.6. The number of morpholine rings is 1. The number of ether oxygens (including phenoxy) is 1. The summed E-state index contributed by atoms with van der Waals surface area (Å²) >= 11 is 0. The van der Waals surface area contributed by atoms with E-state index in [0.29, 0.717) is 44.5 Å². The van der Waals surface area contributed by atoms with Gasteiger partial charge < -0.3 is 10.1 Å². The van der Waals surface area contributed by atoms with Crippen LogP contribution in [0.3, 0.4) is 0 Å². The Morgan fingerprint density at radius 3 is 2.32 bits per heavy atom. The van der Waals surface area contributed by atoms with E-state index in [1.807, 2.05) is 0 Å². The molecular formula is C21H34N4O5S. The molecule has 2 saturated heterocycles. The maximum absolute atomic E-state index is 13.1. The molecule has 174 valence electrons. The van der Waals surface area contributed by atoms with Crippen LogP contribution < -0.4 is 5.32 Å². The lowest BCUT2D eigenvalue weighted by molar-refractivity contribution is -0.384. The summed E-state index contributed by atoms with van der Waals surface area (Å²) < 4.78 is 33.0. The van der Waals surface area contributed by atoms with Crippen molar-refractivity contribution in [1.29, 1.82) is 0 Å². The van der Waals surface area contributed by atoms with E-state index >= 15 is 0 Å². The summed E-state index contributed by atoms with van der Waals surface area (Å²) in [6.07, 6.45) is 3.66. The van der Waals surface area contributed by atoms with E-state index in [2.05, 4.69) is 24.1 Å². The number of hydrogen-bond acceptors (Lipinski definition) is 7. The van der Waals surface area contributed by atoms with Crippen LogP contribution in [0.2, 0.25) is 0 Å². The number of rotatable bonds is 8. The molecule has 31 heavy (non-hydrogen) atoms. The van der Waals surface area contributed by atoms with Crippen molar-refractivity contribution in [2.45, 2.75) is 50.5 Å². The third-order valence-electron chi connectivity index (χ3n) is 6.15. The standard InChI is InChI=1S/C21H34N4O5S/c1-17(2)21(23-11-13-30-14-12-23)16-22-19-8-7-18(15-20(19)25(26)27)31(28,29)24-9-5-3-4-6-10-24/h7-8,15,17,21-22H,3-6,9-14,16H2,1-2H3/t21-/m1/s1. The van der Waals surface area contributed by atoms with E-state index in [-0.39, 0.29) is 16.6 Å². The Bertz CT molecular complexity index is 847. The van der Waals surface area contributed by atoms with Crippen molar-refractivity contribution in [3.8, 4) is 0 Å². The molecule has 0 aliphatic carbocycles. The Labute approximate surface area is 184 Å². The highest BCUT2D eigenvalue weighted by molar-refractivity contribution is 7.89. The second-order valence-electron chi connectivity index (χ2n) is 8.59. The van der Waals surface area contributed by atoms with E-state index in [4.69, 9.17) is 4.74 Å². The summed E-state index contributed by atoms with van der Waals surface area (Å²) in [5, 5.41) is 15.0. The molecule has 0 spiro atoms. The fraction of sp³-hybridized carbons (Fsp3) is 0.714. The van der Waals surface area contributed by atoms with Crippen LogP contribution in [0.5, 0.6) is 0 Å². The quantitative estimate of drug-likeness (QED) is 0.476. The van der Waals surface area contributed by atoms with Crippen molar-refractivity contribution in [2.75, 3.05) is 51.3 Å². The average molecular weight is 455 g/mol. The number of hydrogen-bond donors (Lipinski definition) is 1. The number of nitrogens with zero attached hydrogens (tertiary/aromatic N) is 3. The van der Waals surface area contributed by atoms with Gasteiger partial charge in [-0.1, -0.05) is 26.7 Å². The van der Waals surface area contributed by atoms with Gasteiger partial charge in [-0.25, -0.2) is 8.42 Å². The predicted octanol–water partition coefficient (Wildman–Crippen LogP) is 2.93. The van der Waals surface area contributed by atoms with Crippen molar-refractivity contribution in [3.63, 3.8) is 0 Å². The van der Waals surface area contributed by atoms with Crippen LogP contribution in [0.1, 0.15) is 39.5 Å². The molecule has 2 fully saturated rings. The molecule has 2 heterocycles. The molecule has 0 radical (unpaired) electrons. The molecule has 0 amide bonds. The average Bonchev–Trinajstić information content (AvgIpc) is 3.04. The van der Waals surface area contributed by atoms with E-state index in [0.717, 1.165) is 38.8 Å². The van der Waals surface area contributed by atoms with Gasteiger partial charge in [0, 0.05) is 44.8 Å². The summed E-state index contributed by atoms with van der Waals surface area (Å²) in [6.45, 7) is 8.77. The molecule has 1 aromatic rings. The minimum absolute atomic E-state index is 0.0137. The lowest BCUT2D eigenvalue weighted by Crippen LogP contribution is -2.49. The Balaban J connectivity index is 1.79. The summed E-state index contributed by atoms with van der Waals surface area (Å²) in [7, 11) is -3.74. The van der Waals surface area contributed by atoms with Crippen LogP contribution in [0.15, 0.2) is 23.1 Å². The summed E-state index contributed by atoms with van der Waals surface area (Å²) in [5.41, 5.74) is 0.138. The SMILES string of the molecule is CC(C)[C@@H](CNc1ccc(S(=O)(=O)N2CCCCCC2)cc1[N+](=O)[O-])N1CCOCC1. The molecular weight excluding hydrogens is 420 g/mol. The minimum Gasteiger partial charge on any atom is -0.379 e. The normalized spacial score (nSPS) is 20.4. The summed E-state index contributed by atoms with van der Waals surface area (Å²) in [5.74, 6) is 0.354. The molecule has 2 aliphatic rings. The van der Waals surface area contributed by atoms with Crippen molar-refractivity contribution in [2.24, 2.45) is 5.92 Å². The van der Waals surface area contributed by atoms with Crippen molar-refractivity contribution >= 4 is 21.4 Å². The largest absolute Gasteiger partial charge is 0.379 e. The van der Waals surface area contributed by atoms with Gasteiger partial charge in [0.25, 0.3) is 5.69 Å². The molecule has 0 bridgehead atoms. The molecule has 9 nitrogen and oxygen atoms in total. The van der Waals surface area contributed by atoms with Crippen LogP contribution in [-0.4, -0.2) is 74.5 Å². The molecule has 0 unspecified atom stereocenters. The Morgan fingerprint density at radius 2 is 1.74 bits per heavy atom. The molecule has 0 saturated carbocycles. The first-order valence-corrected chi connectivity index (χ1v) is 12.6. The van der Waals surface area contributed by atoms with Crippen molar-refractivity contribution < 1.29 is 18.1 Å². The lowest BCUT2D eigenvalue weighted by Gasteiger charge is -2.37. The topological polar surface area (TPSA) is 105 Å². The second-order valence-corrected chi connectivity index (χ2v) is 10.5. The fourth-order valence-corrected chi connectivity index (χ4v) is 5.85. The van der Waals surface area contributed by atoms with Crippen molar-refractivity contribution in [1.82, 2.24) is 9.21 Å². The molecule has 2 aliphatic heterocycles. The first-order valence-electron chi connectivity index (χ1n) is 11.1. The van der Waals surface area contributed by atoms with Gasteiger partial charge in [-0.3, -0.25) is 15.0 Å². The third kappa shape index (κ3) is 5.94. The van der Waals surface area contributed by atoms with E-state index in [9.17, 15) is 18.5 Å². The van der Waals surface area contributed by atoms with Crippen LogP contribution in [0.25, 0.3) is 0 Å². The van der Waals surface area contributed by atoms with Crippen LogP contribution in [-0.2, 0) is 14.8 Å². The zero-order chi connectivity index (χ0) is 22.4. The number of nitrogens with one attached hydrogen (secondary N) is 1. The molecule has 3 rings (SSSR count). The Morgan fingerprint density at radius 1 is 1.10 bits per heavy atom. The number of nitro groups is 1. The van der Waals surface area contributed by atoms with Crippen molar-refractivity contribution in [3.05, 3.63) is 28.3 Å². The number of benzene rings is 1. The van der Waals surface area contributed by atoms with Gasteiger partial charge in [0.2, 0.25) is 10.0 Å².